The normalized spacial score (nSPS) is 10.9. The lowest BCUT2D eigenvalue weighted by atomic mass is 10.2. The van der Waals surface area contributed by atoms with E-state index in [2.05, 4.69) is 41.3 Å². The third kappa shape index (κ3) is 3.84. The maximum absolute atomic E-state index is 12.5. The molecule has 0 saturated carbocycles. The van der Waals surface area contributed by atoms with Crippen LogP contribution < -0.4 is 10.9 Å². The second kappa shape index (κ2) is 7.73. The standard InChI is InChI=1S/C19H15BrN6O2/c20-12-5-6-16(26-11-21-10-22-26)15(9-12)24-18(27)8-7-17-23-14-4-2-1-3-13(14)19(28)25-17/h1-6,9-11H,7-8H2,(H,24,27)(H,23,25,28). The number of H-pyrrole nitrogens is 1. The number of aromatic amines is 1. The Morgan fingerprint density at radius 1 is 1.21 bits per heavy atom. The van der Waals surface area contributed by atoms with Gasteiger partial charge in [0.1, 0.15) is 18.5 Å². The van der Waals surface area contributed by atoms with Crippen molar-refractivity contribution in [1.29, 1.82) is 0 Å². The van der Waals surface area contributed by atoms with Gasteiger partial charge in [0.15, 0.2) is 0 Å². The van der Waals surface area contributed by atoms with E-state index in [1.54, 1.807) is 35.3 Å². The Morgan fingerprint density at radius 3 is 2.89 bits per heavy atom. The van der Waals surface area contributed by atoms with Crippen LogP contribution in [-0.4, -0.2) is 30.6 Å². The van der Waals surface area contributed by atoms with Gasteiger partial charge in [-0.05, 0) is 30.3 Å². The van der Waals surface area contributed by atoms with E-state index in [1.807, 2.05) is 18.2 Å². The molecule has 2 heterocycles. The molecule has 1 amide bonds. The van der Waals surface area contributed by atoms with E-state index in [1.165, 1.54) is 6.33 Å². The van der Waals surface area contributed by atoms with Gasteiger partial charge in [0.2, 0.25) is 5.91 Å². The number of fused-ring (bicyclic) bond motifs is 1. The van der Waals surface area contributed by atoms with Gasteiger partial charge in [-0.15, -0.1) is 0 Å². The molecule has 0 radical (unpaired) electrons. The third-order valence-electron chi connectivity index (χ3n) is 4.15. The second-order valence-electron chi connectivity index (χ2n) is 6.08. The summed E-state index contributed by atoms with van der Waals surface area (Å²) < 4.78 is 2.40. The molecule has 4 rings (SSSR count). The summed E-state index contributed by atoms with van der Waals surface area (Å²) in [7, 11) is 0. The molecule has 140 valence electrons. The second-order valence-corrected chi connectivity index (χ2v) is 7.00. The van der Waals surface area contributed by atoms with E-state index in [0.29, 0.717) is 34.5 Å². The molecule has 0 saturated heterocycles. The van der Waals surface area contributed by atoms with Crippen LogP contribution in [0.25, 0.3) is 16.6 Å². The topological polar surface area (TPSA) is 106 Å². The van der Waals surface area contributed by atoms with Gasteiger partial charge in [0, 0.05) is 17.3 Å². The summed E-state index contributed by atoms with van der Waals surface area (Å²) in [6, 6.07) is 12.6. The highest BCUT2D eigenvalue weighted by atomic mass is 79.9. The molecule has 0 fully saturated rings. The van der Waals surface area contributed by atoms with Gasteiger partial charge in [-0.1, -0.05) is 28.1 Å². The van der Waals surface area contributed by atoms with Gasteiger partial charge in [-0.3, -0.25) is 9.59 Å². The van der Waals surface area contributed by atoms with Crippen molar-refractivity contribution in [1.82, 2.24) is 24.7 Å². The average Bonchev–Trinajstić information content (AvgIpc) is 3.21. The summed E-state index contributed by atoms with van der Waals surface area (Å²) in [4.78, 5) is 35.7. The maximum atomic E-state index is 12.5. The van der Waals surface area contributed by atoms with Crippen LogP contribution in [0.5, 0.6) is 0 Å². The smallest absolute Gasteiger partial charge is 0.258 e. The van der Waals surface area contributed by atoms with Crippen molar-refractivity contribution in [3.05, 3.63) is 75.8 Å². The number of aryl methyl sites for hydroxylation is 1. The first-order chi connectivity index (χ1) is 13.6. The van der Waals surface area contributed by atoms with Gasteiger partial charge >= 0.3 is 0 Å². The molecule has 28 heavy (non-hydrogen) atoms. The predicted molar refractivity (Wildman–Crippen MR) is 108 cm³/mol. The summed E-state index contributed by atoms with van der Waals surface area (Å²) >= 11 is 3.41. The lowest BCUT2D eigenvalue weighted by molar-refractivity contribution is -0.116. The summed E-state index contributed by atoms with van der Waals surface area (Å²) in [5.41, 5.74) is 1.71. The largest absolute Gasteiger partial charge is 0.324 e. The minimum absolute atomic E-state index is 0.171. The molecule has 4 aromatic rings. The molecule has 2 aromatic heterocycles. The van der Waals surface area contributed by atoms with Gasteiger partial charge < -0.3 is 10.3 Å². The number of hydrogen-bond acceptors (Lipinski definition) is 5. The molecular formula is C19H15BrN6O2. The number of halogens is 1. The number of carbonyl (C=O) groups is 1. The van der Waals surface area contributed by atoms with Crippen LogP contribution in [0.1, 0.15) is 12.2 Å². The van der Waals surface area contributed by atoms with Crippen LogP contribution in [0.2, 0.25) is 0 Å². The number of para-hydroxylation sites is 1. The van der Waals surface area contributed by atoms with E-state index in [4.69, 9.17) is 0 Å². The SMILES string of the molecule is O=C(CCc1nc2ccccc2c(=O)[nH]1)Nc1cc(Br)ccc1-n1cncn1. The number of nitrogens with zero attached hydrogens (tertiary/aromatic N) is 4. The Balaban J connectivity index is 1.50. The predicted octanol–water partition coefficient (Wildman–Crippen LogP) is 2.84. The molecule has 9 heteroatoms. The van der Waals surface area contributed by atoms with Crippen molar-refractivity contribution in [3.63, 3.8) is 0 Å². The van der Waals surface area contributed by atoms with Crippen LogP contribution in [0.15, 0.2) is 64.4 Å². The first-order valence-corrected chi connectivity index (χ1v) is 9.32. The quantitative estimate of drug-likeness (QED) is 0.498. The highest BCUT2D eigenvalue weighted by Crippen LogP contribution is 2.24. The molecule has 2 aromatic carbocycles. The highest BCUT2D eigenvalue weighted by molar-refractivity contribution is 9.10. The van der Waals surface area contributed by atoms with Crippen LogP contribution in [0.4, 0.5) is 5.69 Å². The number of hydrogen-bond donors (Lipinski definition) is 2. The lowest BCUT2D eigenvalue weighted by Crippen LogP contribution is -2.17. The summed E-state index contributed by atoms with van der Waals surface area (Å²) in [5, 5.41) is 7.52. The molecule has 2 N–H and O–H groups in total. The molecule has 0 unspecified atom stereocenters. The van der Waals surface area contributed by atoms with Gasteiger partial charge in [0.25, 0.3) is 5.56 Å². The number of aromatic nitrogens is 5. The van der Waals surface area contributed by atoms with Crippen molar-refractivity contribution >= 4 is 38.4 Å². The molecule has 0 aliphatic heterocycles. The minimum atomic E-state index is -0.207. The van der Waals surface area contributed by atoms with E-state index in [0.717, 1.165) is 4.47 Å². The Hall–Kier alpha value is -3.33. The Kier molecular flexibility index (Phi) is 4.98. The van der Waals surface area contributed by atoms with Crippen LogP contribution in [0, 0.1) is 0 Å². The lowest BCUT2D eigenvalue weighted by Gasteiger charge is -2.11. The Bertz CT molecular complexity index is 1200. The first-order valence-electron chi connectivity index (χ1n) is 8.52. The minimum Gasteiger partial charge on any atom is -0.324 e. The molecule has 0 bridgehead atoms. The summed E-state index contributed by atoms with van der Waals surface area (Å²) in [6.07, 6.45) is 3.47. The fraction of sp³-hybridized carbons (Fsp3) is 0.105. The zero-order valence-corrected chi connectivity index (χ0v) is 16.2. The maximum Gasteiger partial charge on any atom is 0.258 e. The van der Waals surface area contributed by atoms with E-state index in [9.17, 15) is 9.59 Å². The van der Waals surface area contributed by atoms with Crippen molar-refractivity contribution in [2.45, 2.75) is 12.8 Å². The zero-order valence-electron chi connectivity index (χ0n) is 14.6. The Morgan fingerprint density at radius 2 is 2.07 bits per heavy atom. The summed E-state index contributed by atoms with van der Waals surface area (Å²) in [6.45, 7) is 0. The van der Waals surface area contributed by atoms with Crippen LogP contribution in [-0.2, 0) is 11.2 Å². The van der Waals surface area contributed by atoms with E-state index in [-0.39, 0.29) is 17.9 Å². The zero-order chi connectivity index (χ0) is 19.5. The number of anilines is 1. The van der Waals surface area contributed by atoms with Crippen molar-refractivity contribution in [3.8, 4) is 5.69 Å². The first kappa shape index (κ1) is 18.1. The molecule has 0 aliphatic rings. The van der Waals surface area contributed by atoms with Gasteiger partial charge in [-0.25, -0.2) is 14.6 Å². The third-order valence-corrected chi connectivity index (χ3v) is 4.64. The van der Waals surface area contributed by atoms with Crippen LogP contribution in [0.3, 0.4) is 0 Å². The van der Waals surface area contributed by atoms with Crippen LogP contribution >= 0.6 is 15.9 Å². The number of amides is 1. The van der Waals surface area contributed by atoms with E-state index >= 15 is 0 Å². The molecule has 0 aliphatic carbocycles. The monoisotopic (exact) mass is 438 g/mol. The molecule has 0 spiro atoms. The average molecular weight is 439 g/mol. The van der Waals surface area contributed by atoms with Gasteiger partial charge in [-0.2, -0.15) is 5.10 Å². The highest BCUT2D eigenvalue weighted by Gasteiger charge is 2.11. The molecular weight excluding hydrogens is 424 g/mol. The fourth-order valence-corrected chi connectivity index (χ4v) is 3.20. The number of rotatable bonds is 5. The Labute approximate surface area is 167 Å². The van der Waals surface area contributed by atoms with Crippen molar-refractivity contribution in [2.75, 3.05) is 5.32 Å². The van der Waals surface area contributed by atoms with Crippen molar-refractivity contribution in [2.24, 2.45) is 0 Å². The van der Waals surface area contributed by atoms with E-state index < -0.39 is 0 Å². The van der Waals surface area contributed by atoms with Gasteiger partial charge in [0.05, 0.1) is 22.3 Å². The summed E-state index contributed by atoms with van der Waals surface area (Å²) in [5.74, 6) is 0.278. The van der Waals surface area contributed by atoms with Crippen molar-refractivity contribution < 1.29 is 4.79 Å². The number of nitrogens with one attached hydrogen (secondary N) is 2. The number of benzene rings is 2. The molecule has 0 atom stereocenters. The molecule has 8 nitrogen and oxygen atoms in total. The number of carbonyl (C=O) groups excluding carboxylic acids is 1. The fourth-order valence-electron chi connectivity index (χ4n) is 2.84.